The van der Waals surface area contributed by atoms with Crippen LogP contribution in [0.15, 0.2) is 48.5 Å². The van der Waals surface area contributed by atoms with Gasteiger partial charge in [-0.05, 0) is 98.8 Å². The standard InChI is InChI=1S/C27H35ClN2O/c28-25-7-9-26(10-8-25)31-27-11-15-30(16-12-27)20-22-17-24(18-22)23-5-3-21(4-6-23)19-29-13-1-2-14-29/h3-10,22,24,27H,1-2,11-20H2/t22-,24-. The molecule has 2 aromatic carbocycles. The summed E-state index contributed by atoms with van der Waals surface area (Å²) < 4.78 is 6.14. The van der Waals surface area contributed by atoms with Gasteiger partial charge in [-0.25, -0.2) is 0 Å². The molecule has 0 bridgehead atoms. The normalized spacial score (nSPS) is 25.5. The quantitative estimate of drug-likeness (QED) is 0.529. The fourth-order valence-corrected chi connectivity index (χ4v) is 5.66. The minimum Gasteiger partial charge on any atom is -0.490 e. The van der Waals surface area contributed by atoms with Crippen LogP contribution in [0, 0.1) is 5.92 Å². The molecule has 31 heavy (non-hydrogen) atoms. The van der Waals surface area contributed by atoms with Gasteiger partial charge in [0.05, 0.1) is 0 Å². The molecule has 0 amide bonds. The van der Waals surface area contributed by atoms with Crippen molar-refractivity contribution in [2.75, 3.05) is 32.7 Å². The number of piperidine rings is 1. The van der Waals surface area contributed by atoms with Crippen molar-refractivity contribution in [1.82, 2.24) is 9.80 Å². The molecule has 3 nitrogen and oxygen atoms in total. The molecular weight excluding hydrogens is 404 g/mol. The van der Waals surface area contributed by atoms with Gasteiger partial charge in [-0.3, -0.25) is 4.90 Å². The highest BCUT2D eigenvalue weighted by atomic mass is 35.5. The lowest BCUT2D eigenvalue weighted by molar-refractivity contribution is 0.0760. The van der Waals surface area contributed by atoms with Crippen LogP contribution in [0.25, 0.3) is 0 Å². The molecule has 1 aliphatic carbocycles. The third-order valence-corrected chi connectivity index (χ3v) is 7.71. The van der Waals surface area contributed by atoms with Gasteiger partial charge in [0.1, 0.15) is 11.9 Å². The van der Waals surface area contributed by atoms with E-state index >= 15 is 0 Å². The van der Waals surface area contributed by atoms with Gasteiger partial charge in [0, 0.05) is 31.2 Å². The molecule has 0 radical (unpaired) electrons. The summed E-state index contributed by atoms with van der Waals surface area (Å²) in [4.78, 5) is 5.24. The summed E-state index contributed by atoms with van der Waals surface area (Å²) in [5.74, 6) is 2.58. The highest BCUT2D eigenvalue weighted by molar-refractivity contribution is 6.30. The molecule has 0 aromatic heterocycles. The third-order valence-electron chi connectivity index (χ3n) is 7.46. The Morgan fingerprint density at radius 1 is 0.806 bits per heavy atom. The monoisotopic (exact) mass is 438 g/mol. The molecule has 3 fully saturated rings. The van der Waals surface area contributed by atoms with E-state index in [4.69, 9.17) is 16.3 Å². The van der Waals surface area contributed by atoms with Crippen LogP contribution < -0.4 is 4.74 Å². The van der Waals surface area contributed by atoms with Gasteiger partial charge in [0.15, 0.2) is 0 Å². The van der Waals surface area contributed by atoms with E-state index in [0.717, 1.165) is 55.1 Å². The zero-order valence-corrected chi connectivity index (χ0v) is 19.3. The van der Waals surface area contributed by atoms with Crippen molar-refractivity contribution in [3.05, 3.63) is 64.7 Å². The highest BCUT2D eigenvalue weighted by Gasteiger charge is 2.32. The van der Waals surface area contributed by atoms with Gasteiger partial charge in [-0.1, -0.05) is 35.9 Å². The lowest BCUT2D eigenvalue weighted by Crippen LogP contribution is -2.42. The minimum atomic E-state index is 0.339. The maximum Gasteiger partial charge on any atom is 0.119 e. The number of nitrogens with zero attached hydrogens (tertiary/aromatic N) is 2. The Hall–Kier alpha value is -1.55. The van der Waals surface area contributed by atoms with E-state index < -0.39 is 0 Å². The van der Waals surface area contributed by atoms with Gasteiger partial charge in [0.25, 0.3) is 0 Å². The Bertz CT molecular complexity index is 817. The summed E-state index contributed by atoms with van der Waals surface area (Å²) in [5.41, 5.74) is 3.03. The topological polar surface area (TPSA) is 15.7 Å². The van der Waals surface area contributed by atoms with E-state index in [9.17, 15) is 0 Å². The number of halogens is 1. The van der Waals surface area contributed by atoms with Crippen LogP contribution in [0.2, 0.25) is 5.02 Å². The van der Waals surface area contributed by atoms with E-state index in [1.165, 1.54) is 50.9 Å². The molecule has 2 heterocycles. The van der Waals surface area contributed by atoms with Crippen LogP contribution in [-0.4, -0.2) is 48.6 Å². The molecular formula is C27H35ClN2O. The molecule has 4 heteroatoms. The fraction of sp³-hybridized carbons (Fsp3) is 0.556. The Balaban J connectivity index is 1.01. The van der Waals surface area contributed by atoms with Crippen molar-refractivity contribution in [3.8, 4) is 5.75 Å². The largest absolute Gasteiger partial charge is 0.490 e. The van der Waals surface area contributed by atoms with Crippen molar-refractivity contribution in [2.24, 2.45) is 5.92 Å². The van der Waals surface area contributed by atoms with Crippen LogP contribution >= 0.6 is 11.6 Å². The second-order valence-electron chi connectivity index (χ2n) is 9.83. The van der Waals surface area contributed by atoms with Crippen LogP contribution in [-0.2, 0) is 6.54 Å². The number of hydrogen-bond donors (Lipinski definition) is 0. The number of likely N-dealkylation sites (tertiary alicyclic amines) is 2. The van der Waals surface area contributed by atoms with E-state index in [-0.39, 0.29) is 0 Å². The van der Waals surface area contributed by atoms with Crippen LogP contribution in [0.4, 0.5) is 0 Å². The lowest BCUT2D eigenvalue weighted by atomic mass is 9.71. The average Bonchev–Trinajstić information content (AvgIpc) is 3.27. The van der Waals surface area contributed by atoms with Crippen molar-refractivity contribution in [3.63, 3.8) is 0 Å². The van der Waals surface area contributed by atoms with Crippen LogP contribution in [0.1, 0.15) is 55.6 Å². The summed E-state index contributed by atoms with van der Waals surface area (Å²) >= 11 is 5.96. The van der Waals surface area contributed by atoms with Crippen molar-refractivity contribution < 1.29 is 4.74 Å². The van der Waals surface area contributed by atoms with Crippen LogP contribution in [0.3, 0.4) is 0 Å². The van der Waals surface area contributed by atoms with Gasteiger partial charge in [0.2, 0.25) is 0 Å². The van der Waals surface area contributed by atoms with E-state index in [1.54, 1.807) is 5.56 Å². The Labute approximate surface area is 192 Å². The van der Waals surface area contributed by atoms with Gasteiger partial charge < -0.3 is 9.64 Å². The molecule has 5 rings (SSSR count). The van der Waals surface area contributed by atoms with Crippen molar-refractivity contribution in [1.29, 1.82) is 0 Å². The second-order valence-corrected chi connectivity index (χ2v) is 10.3. The molecule has 0 spiro atoms. The summed E-state index contributed by atoms with van der Waals surface area (Å²) in [6.45, 7) is 7.25. The number of benzene rings is 2. The molecule has 0 atom stereocenters. The summed E-state index contributed by atoms with van der Waals surface area (Å²) in [6.07, 6.45) is 8.03. The third kappa shape index (κ3) is 5.63. The molecule has 0 unspecified atom stereocenters. The number of rotatable bonds is 7. The molecule has 3 aliphatic rings. The molecule has 2 aliphatic heterocycles. The van der Waals surface area contributed by atoms with Crippen LogP contribution in [0.5, 0.6) is 5.75 Å². The van der Waals surface area contributed by atoms with E-state index in [0.29, 0.717) is 6.10 Å². The van der Waals surface area contributed by atoms with Crippen molar-refractivity contribution in [2.45, 2.75) is 57.1 Å². The minimum absolute atomic E-state index is 0.339. The second kappa shape index (κ2) is 9.94. The van der Waals surface area contributed by atoms with Gasteiger partial charge >= 0.3 is 0 Å². The zero-order valence-electron chi connectivity index (χ0n) is 18.5. The number of ether oxygens (including phenoxy) is 1. The van der Waals surface area contributed by atoms with Gasteiger partial charge in [-0.15, -0.1) is 0 Å². The highest BCUT2D eigenvalue weighted by Crippen LogP contribution is 2.42. The van der Waals surface area contributed by atoms with Gasteiger partial charge in [-0.2, -0.15) is 0 Å². The first-order valence-electron chi connectivity index (χ1n) is 12.2. The predicted octanol–water partition coefficient (Wildman–Crippen LogP) is 5.97. The fourth-order valence-electron chi connectivity index (χ4n) is 5.53. The summed E-state index contributed by atoms with van der Waals surface area (Å²) in [5, 5.41) is 0.763. The maximum absolute atomic E-state index is 6.14. The first-order valence-corrected chi connectivity index (χ1v) is 12.5. The summed E-state index contributed by atoms with van der Waals surface area (Å²) in [7, 11) is 0. The lowest BCUT2D eigenvalue weighted by Gasteiger charge is -2.41. The van der Waals surface area contributed by atoms with E-state index in [2.05, 4.69) is 34.1 Å². The molecule has 2 saturated heterocycles. The summed E-state index contributed by atoms with van der Waals surface area (Å²) in [6, 6.07) is 17.3. The maximum atomic E-state index is 6.14. The molecule has 1 saturated carbocycles. The Morgan fingerprint density at radius 2 is 1.48 bits per heavy atom. The van der Waals surface area contributed by atoms with E-state index in [1.807, 2.05) is 24.3 Å². The zero-order chi connectivity index (χ0) is 21.0. The first kappa shape index (κ1) is 21.3. The molecule has 0 N–H and O–H groups in total. The average molecular weight is 439 g/mol. The van der Waals surface area contributed by atoms with Crippen molar-refractivity contribution >= 4 is 11.6 Å². The molecule has 166 valence electrons. The number of hydrogen-bond acceptors (Lipinski definition) is 3. The predicted molar refractivity (Wildman–Crippen MR) is 128 cm³/mol. The molecule has 2 aromatic rings. The Kier molecular flexibility index (Phi) is 6.83. The SMILES string of the molecule is Clc1ccc(OC2CCN(C[C@H]3C[C@H](c4ccc(CN5CCCC5)cc4)C3)CC2)cc1. The Morgan fingerprint density at radius 3 is 2.16 bits per heavy atom. The smallest absolute Gasteiger partial charge is 0.119 e. The first-order chi connectivity index (χ1) is 15.2.